The predicted molar refractivity (Wildman–Crippen MR) is 111 cm³/mol. The summed E-state index contributed by atoms with van der Waals surface area (Å²) in [5, 5.41) is 4.53. The molecule has 0 N–H and O–H groups in total. The lowest BCUT2D eigenvalue weighted by molar-refractivity contribution is 0.0769. The number of nitrogens with zero attached hydrogens (tertiary/aromatic N) is 2. The summed E-state index contributed by atoms with van der Waals surface area (Å²) >= 11 is 5.95. The number of aromatic nitrogens is 1. The second-order valence-electron chi connectivity index (χ2n) is 6.62. The summed E-state index contributed by atoms with van der Waals surface area (Å²) in [5.74, 6) is 1.75. The number of aryl methyl sites for hydroxylation is 2. The summed E-state index contributed by atoms with van der Waals surface area (Å²) in [6, 6.07) is 14.3. The fraction of sp³-hybridized carbons (Fsp3) is 0.273. The van der Waals surface area contributed by atoms with Crippen LogP contribution in [0.2, 0.25) is 5.02 Å². The number of carbonyl (C=O) groups is 1. The van der Waals surface area contributed by atoms with E-state index in [0.717, 1.165) is 11.3 Å². The van der Waals surface area contributed by atoms with Crippen LogP contribution in [0.5, 0.6) is 11.5 Å². The number of rotatable bonds is 8. The van der Waals surface area contributed by atoms with Crippen molar-refractivity contribution in [2.75, 3.05) is 20.2 Å². The topological polar surface area (TPSA) is 64.8 Å². The minimum absolute atomic E-state index is 0.144. The standard InChI is InChI=1S/C22H23ClN2O4/c1-15-20(16(2)29-24-15)14-28-21-10-5-4-9-19(21)22(26)25(3)11-12-27-18-8-6-7-17(23)13-18/h4-10,13H,11-12,14H2,1-3H3. The number of hydrogen-bond donors (Lipinski definition) is 0. The number of amides is 1. The Balaban J connectivity index is 1.61. The monoisotopic (exact) mass is 414 g/mol. The summed E-state index contributed by atoms with van der Waals surface area (Å²) in [7, 11) is 1.73. The Morgan fingerprint density at radius 2 is 1.93 bits per heavy atom. The van der Waals surface area contributed by atoms with Gasteiger partial charge < -0.3 is 18.9 Å². The molecule has 1 amide bonds. The molecule has 0 unspecified atom stereocenters. The van der Waals surface area contributed by atoms with Crippen molar-refractivity contribution in [3.05, 3.63) is 76.1 Å². The molecule has 3 aromatic rings. The van der Waals surface area contributed by atoms with Crippen LogP contribution in [0.4, 0.5) is 0 Å². The molecule has 1 aromatic heterocycles. The fourth-order valence-corrected chi connectivity index (χ4v) is 2.97. The van der Waals surface area contributed by atoms with Crippen molar-refractivity contribution in [3.63, 3.8) is 0 Å². The second kappa shape index (κ2) is 9.47. The summed E-state index contributed by atoms with van der Waals surface area (Å²) in [4.78, 5) is 14.5. The SMILES string of the molecule is Cc1noc(C)c1COc1ccccc1C(=O)N(C)CCOc1cccc(Cl)c1. The third-order valence-corrected chi connectivity index (χ3v) is 4.74. The van der Waals surface area contributed by atoms with Gasteiger partial charge in [0, 0.05) is 12.1 Å². The third kappa shape index (κ3) is 5.29. The smallest absolute Gasteiger partial charge is 0.257 e. The van der Waals surface area contributed by atoms with E-state index in [9.17, 15) is 4.79 Å². The molecule has 29 heavy (non-hydrogen) atoms. The van der Waals surface area contributed by atoms with Gasteiger partial charge in [-0.25, -0.2) is 0 Å². The van der Waals surface area contributed by atoms with E-state index in [1.54, 1.807) is 36.2 Å². The maximum atomic E-state index is 12.9. The van der Waals surface area contributed by atoms with E-state index in [2.05, 4.69) is 5.16 Å². The highest BCUT2D eigenvalue weighted by Gasteiger charge is 2.18. The molecule has 0 radical (unpaired) electrons. The van der Waals surface area contributed by atoms with Crippen LogP contribution in [0.15, 0.2) is 53.1 Å². The summed E-state index contributed by atoms with van der Waals surface area (Å²) in [6.45, 7) is 4.75. The number of likely N-dealkylation sites (N-methyl/N-ethyl adjacent to an activating group) is 1. The number of hydrogen-bond acceptors (Lipinski definition) is 5. The molecule has 0 atom stereocenters. The Bertz CT molecular complexity index is 967. The Labute approximate surface area is 175 Å². The Kier molecular flexibility index (Phi) is 6.77. The first-order valence-corrected chi connectivity index (χ1v) is 9.61. The third-order valence-electron chi connectivity index (χ3n) is 4.51. The normalized spacial score (nSPS) is 10.6. The maximum Gasteiger partial charge on any atom is 0.257 e. The zero-order valence-corrected chi connectivity index (χ0v) is 17.4. The fourth-order valence-electron chi connectivity index (χ4n) is 2.79. The number of carbonyl (C=O) groups excluding carboxylic acids is 1. The molecular formula is C22H23ClN2O4. The van der Waals surface area contributed by atoms with E-state index in [1.807, 2.05) is 38.1 Å². The van der Waals surface area contributed by atoms with Gasteiger partial charge in [0.2, 0.25) is 0 Å². The van der Waals surface area contributed by atoms with Gasteiger partial charge in [0.15, 0.2) is 0 Å². The maximum absolute atomic E-state index is 12.9. The number of benzene rings is 2. The minimum Gasteiger partial charge on any atom is -0.492 e. The van der Waals surface area contributed by atoms with Gasteiger partial charge >= 0.3 is 0 Å². The van der Waals surface area contributed by atoms with Crippen LogP contribution in [-0.2, 0) is 6.61 Å². The lowest BCUT2D eigenvalue weighted by atomic mass is 10.1. The first-order chi connectivity index (χ1) is 14.0. The Morgan fingerprint density at radius 3 is 2.66 bits per heavy atom. The molecule has 152 valence electrons. The van der Waals surface area contributed by atoms with E-state index in [4.69, 9.17) is 25.6 Å². The summed E-state index contributed by atoms with van der Waals surface area (Å²) < 4.78 is 16.7. The molecule has 0 bridgehead atoms. The number of halogens is 1. The molecule has 0 aliphatic carbocycles. The minimum atomic E-state index is -0.144. The molecule has 0 saturated heterocycles. The molecule has 2 aromatic carbocycles. The van der Waals surface area contributed by atoms with E-state index in [1.165, 1.54) is 0 Å². The average molecular weight is 415 g/mol. The molecule has 6 nitrogen and oxygen atoms in total. The Hall–Kier alpha value is -2.99. The van der Waals surface area contributed by atoms with Crippen LogP contribution < -0.4 is 9.47 Å². The highest BCUT2D eigenvalue weighted by atomic mass is 35.5. The van der Waals surface area contributed by atoms with Crippen molar-refractivity contribution in [1.82, 2.24) is 10.1 Å². The number of para-hydroxylation sites is 1. The zero-order chi connectivity index (χ0) is 20.8. The molecule has 7 heteroatoms. The number of ether oxygens (including phenoxy) is 2. The van der Waals surface area contributed by atoms with Crippen LogP contribution in [0, 0.1) is 13.8 Å². The van der Waals surface area contributed by atoms with E-state index >= 15 is 0 Å². The van der Waals surface area contributed by atoms with Crippen LogP contribution in [0.25, 0.3) is 0 Å². The highest BCUT2D eigenvalue weighted by Crippen LogP contribution is 2.23. The Morgan fingerprint density at radius 1 is 1.14 bits per heavy atom. The molecule has 0 aliphatic rings. The van der Waals surface area contributed by atoms with Crippen LogP contribution in [-0.4, -0.2) is 36.2 Å². The van der Waals surface area contributed by atoms with Gasteiger partial charge in [-0.05, 0) is 44.2 Å². The molecule has 3 rings (SSSR count). The average Bonchev–Trinajstić information content (AvgIpc) is 3.03. The van der Waals surface area contributed by atoms with Gasteiger partial charge in [-0.2, -0.15) is 0 Å². The second-order valence-corrected chi connectivity index (χ2v) is 7.06. The molecular weight excluding hydrogens is 392 g/mol. The predicted octanol–water partition coefficient (Wildman–Crippen LogP) is 4.67. The van der Waals surface area contributed by atoms with Crippen molar-refractivity contribution >= 4 is 17.5 Å². The van der Waals surface area contributed by atoms with E-state index < -0.39 is 0 Å². The highest BCUT2D eigenvalue weighted by molar-refractivity contribution is 6.30. The van der Waals surface area contributed by atoms with Gasteiger partial charge in [-0.1, -0.05) is 35.0 Å². The van der Waals surface area contributed by atoms with E-state index in [-0.39, 0.29) is 12.5 Å². The van der Waals surface area contributed by atoms with Crippen LogP contribution in [0.3, 0.4) is 0 Å². The van der Waals surface area contributed by atoms with Crippen molar-refractivity contribution in [2.45, 2.75) is 20.5 Å². The molecule has 0 fully saturated rings. The van der Waals surface area contributed by atoms with Gasteiger partial charge in [0.05, 0.1) is 23.4 Å². The van der Waals surface area contributed by atoms with Gasteiger partial charge in [0.25, 0.3) is 5.91 Å². The first kappa shape index (κ1) is 20.7. The molecule has 0 saturated carbocycles. The lowest BCUT2D eigenvalue weighted by Gasteiger charge is -2.19. The van der Waals surface area contributed by atoms with Gasteiger partial charge in [-0.3, -0.25) is 4.79 Å². The quantitative estimate of drug-likeness (QED) is 0.535. The first-order valence-electron chi connectivity index (χ1n) is 9.23. The van der Waals surface area contributed by atoms with Crippen LogP contribution >= 0.6 is 11.6 Å². The van der Waals surface area contributed by atoms with Crippen molar-refractivity contribution in [3.8, 4) is 11.5 Å². The van der Waals surface area contributed by atoms with Gasteiger partial charge in [0.1, 0.15) is 30.5 Å². The lowest BCUT2D eigenvalue weighted by Crippen LogP contribution is -2.31. The van der Waals surface area contributed by atoms with E-state index in [0.29, 0.717) is 41.0 Å². The summed E-state index contributed by atoms with van der Waals surface area (Å²) in [6.07, 6.45) is 0. The van der Waals surface area contributed by atoms with Crippen molar-refractivity contribution in [1.29, 1.82) is 0 Å². The zero-order valence-electron chi connectivity index (χ0n) is 16.6. The molecule has 0 aliphatic heterocycles. The van der Waals surface area contributed by atoms with Crippen LogP contribution in [0.1, 0.15) is 27.4 Å². The van der Waals surface area contributed by atoms with Crippen molar-refractivity contribution in [2.24, 2.45) is 0 Å². The largest absolute Gasteiger partial charge is 0.492 e. The summed E-state index contributed by atoms with van der Waals surface area (Å²) in [5.41, 5.74) is 2.15. The molecule has 0 spiro atoms. The van der Waals surface area contributed by atoms with Gasteiger partial charge in [-0.15, -0.1) is 0 Å². The van der Waals surface area contributed by atoms with Crippen molar-refractivity contribution < 1.29 is 18.8 Å². The molecule has 1 heterocycles.